The highest BCUT2D eigenvalue weighted by molar-refractivity contribution is 5.79. The van der Waals surface area contributed by atoms with Gasteiger partial charge < -0.3 is 10.6 Å². The molecule has 0 spiro atoms. The molecule has 1 unspecified atom stereocenters. The second kappa shape index (κ2) is 9.46. The Kier molecular flexibility index (Phi) is 9.14. The smallest absolute Gasteiger partial charge is 0.226 e. The molecule has 0 aromatic rings. The van der Waals surface area contributed by atoms with Crippen molar-refractivity contribution in [1.82, 2.24) is 4.90 Å². The van der Waals surface area contributed by atoms with E-state index in [4.69, 9.17) is 5.73 Å². The summed E-state index contributed by atoms with van der Waals surface area (Å²) in [6.45, 7) is 10.7. The van der Waals surface area contributed by atoms with Gasteiger partial charge in [0.25, 0.3) is 0 Å². The Labute approximate surface area is 107 Å². The van der Waals surface area contributed by atoms with Gasteiger partial charge in [-0.2, -0.15) is 0 Å². The normalized spacial score (nSPS) is 12.8. The summed E-state index contributed by atoms with van der Waals surface area (Å²) in [7, 11) is 0. The summed E-state index contributed by atoms with van der Waals surface area (Å²) in [5.74, 6) is 0.900. The van der Waals surface area contributed by atoms with Crippen LogP contribution in [0.25, 0.3) is 0 Å². The Morgan fingerprint density at radius 1 is 1.18 bits per heavy atom. The van der Waals surface area contributed by atoms with Crippen LogP contribution in [-0.4, -0.2) is 30.4 Å². The van der Waals surface area contributed by atoms with Gasteiger partial charge in [0.2, 0.25) is 5.91 Å². The number of hydrogen-bond acceptors (Lipinski definition) is 2. The lowest BCUT2D eigenvalue weighted by atomic mass is 9.99. The van der Waals surface area contributed by atoms with Crippen LogP contribution in [0.5, 0.6) is 0 Å². The van der Waals surface area contributed by atoms with Crippen LogP contribution in [0.4, 0.5) is 0 Å². The molecule has 0 saturated heterocycles. The molecule has 2 N–H and O–H groups in total. The first-order valence-electron chi connectivity index (χ1n) is 7.13. The molecule has 1 atom stereocenters. The van der Waals surface area contributed by atoms with Gasteiger partial charge in [0.15, 0.2) is 0 Å². The third-order valence-electron chi connectivity index (χ3n) is 3.60. The Balaban J connectivity index is 4.46. The molecule has 102 valence electrons. The van der Waals surface area contributed by atoms with Crippen LogP contribution in [0.3, 0.4) is 0 Å². The van der Waals surface area contributed by atoms with Crippen LogP contribution in [0.1, 0.15) is 53.4 Å². The molecule has 0 aromatic heterocycles. The Morgan fingerprint density at radius 2 is 1.76 bits per heavy atom. The van der Waals surface area contributed by atoms with Crippen molar-refractivity contribution in [3.8, 4) is 0 Å². The topological polar surface area (TPSA) is 46.3 Å². The van der Waals surface area contributed by atoms with E-state index < -0.39 is 0 Å². The summed E-state index contributed by atoms with van der Waals surface area (Å²) in [6.07, 6.45) is 4.22. The van der Waals surface area contributed by atoms with Crippen molar-refractivity contribution in [2.24, 2.45) is 17.6 Å². The number of rotatable bonds is 9. The van der Waals surface area contributed by atoms with Gasteiger partial charge in [-0.1, -0.05) is 40.0 Å². The molecular weight excluding hydrogens is 212 g/mol. The Hall–Kier alpha value is -0.570. The monoisotopic (exact) mass is 242 g/mol. The Morgan fingerprint density at radius 3 is 2.12 bits per heavy atom. The number of hydrogen-bond donors (Lipinski definition) is 1. The van der Waals surface area contributed by atoms with E-state index in [9.17, 15) is 4.79 Å². The summed E-state index contributed by atoms with van der Waals surface area (Å²) in [6, 6.07) is 0. The van der Waals surface area contributed by atoms with Crippen LogP contribution in [0.2, 0.25) is 0 Å². The minimum atomic E-state index is 0.0225. The molecular formula is C14H30N2O. The lowest BCUT2D eigenvalue weighted by Gasteiger charge is -2.28. The predicted molar refractivity (Wildman–Crippen MR) is 73.8 cm³/mol. The molecule has 0 aliphatic rings. The minimum absolute atomic E-state index is 0.0225. The van der Waals surface area contributed by atoms with E-state index in [1.165, 1.54) is 0 Å². The number of carbonyl (C=O) groups excluding carboxylic acids is 1. The number of amides is 1. The zero-order valence-corrected chi connectivity index (χ0v) is 12.0. The van der Waals surface area contributed by atoms with Crippen molar-refractivity contribution in [3.05, 3.63) is 0 Å². The van der Waals surface area contributed by atoms with Gasteiger partial charge in [0.05, 0.1) is 5.92 Å². The van der Waals surface area contributed by atoms with Crippen molar-refractivity contribution < 1.29 is 4.79 Å². The second-order valence-electron chi connectivity index (χ2n) is 4.78. The van der Waals surface area contributed by atoms with E-state index in [0.29, 0.717) is 12.5 Å². The average molecular weight is 242 g/mol. The molecule has 0 rings (SSSR count). The van der Waals surface area contributed by atoms with Crippen LogP contribution >= 0.6 is 0 Å². The first-order valence-corrected chi connectivity index (χ1v) is 7.13. The van der Waals surface area contributed by atoms with E-state index in [0.717, 1.165) is 38.8 Å². The number of nitrogens with zero attached hydrogens (tertiary/aromatic N) is 1. The molecule has 1 amide bonds. The second-order valence-corrected chi connectivity index (χ2v) is 4.78. The van der Waals surface area contributed by atoms with Gasteiger partial charge in [0, 0.05) is 19.6 Å². The molecule has 0 fully saturated rings. The van der Waals surface area contributed by atoms with E-state index >= 15 is 0 Å². The summed E-state index contributed by atoms with van der Waals surface area (Å²) in [4.78, 5) is 14.3. The lowest BCUT2D eigenvalue weighted by molar-refractivity contribution is -0.136. The van der Waals surface area contributed by atoms with E-state index in [-0.39, 0.29) is 11.8 Å². The highest BCUT2D eigenvalue weighted by Crippen LogP contribution is 2.14. The van der Waals surface area contributed by atoms with Gasteiger partial charge in [-0.25, -0.2) is 0 Å². The molecule has 3 nitrogen and oxygen atoms in total. The van der Waals surface area contributed by atoms with Gasteiger partial charge in [-0.3, -0.25) is 4.79 Å². The van der Waals surface area contributed by atoms with Crippen LogP contribution in [0, 0.1) is 11.8 Å². The van der Waals surface area contributed by atoms with E-state index in [1.54, 1.807) is 0 Å². The molecule has 17 heavy (non-hydrogen) atoms. The third kappa shape index (κ3) is 5.53. The average Bonchev–Trinajstić information content (AvgIpc) is 2.37. The van der Waals surface area contributed by atoms with Crippen molar-refractivity contribution in [1.29, 1.82) is 0 Å². The quantitative estimate of drug-likeness (QED) is 0.675. The van der Waals surface area contributed by atoms with E-state index in [2.05, 4.69) is 27.7 Å². The minimum Gasteiger partial charge on any atom is -0.342 e. The van der Waals surface area contributed by atoms with Gasteiger partial charge >= 0.3 is 0 Å². The van der Waals surface area contributed by atoms with Gasteiger partial charge in [-0.15, -0.1) is 0 Å². The highest BCUT2D eigenvalue weighted by Gasteiger charge is 2.22. The van der Waals surface area contributed by atoms with Crippen LogP contribution in [-0.2, 0) is 4.79 Å². The van der Waals surface area contributed by atoms with Crippen LogP contribution in [0.15, 0.2) is 0 Å². The summed E-state index contributed by atoms with van der Waals surface area (Å²) in [5, 5.41) is 0. The largest absolute Gasteiger partial charge is 0.342 e. The van der Waals surface area contributed by atoms with Crippen molar-refractivity contribution in [2.75, 3.05) is 19.6 Å². The zero-order chi connectivity index (χ0) is 13.3. The van der Waals surface area contributed by atoms with Gasteiger partial charge in [-0.05, 0) is 19.3 Å². The SMILES string of the molecule is CCCC(CN)C(=O)N(CC)CC(CC)CC. The molecule has 0 saturated carbocycles. The van der Waals surface area contributed by atoms with Crippen LogP contribution < -0.4 is 5.73 Å². The van der Waals surface area contributed by atoms with E-state index in [1.807, 2.05) is 4.90 Å². The Bertz CT molecular complexity index is 202. The predicted octanol–water partition coefficient (Wildman–Crippen LogP) is 2.65. The third-order valence-corrected chi connectivity index (χ3v) is 3.60. The number of carbonyl (C=O) groups is 1. The fraction of sp³-hybridized carbons (Fsp3) is 0.929. The molecule has 0 heterocycles. The number of nitrogens with two attached hydrogens (primary N) is 1. The molecule has 0 aromatic carbocycles. The molecule has 0 aliphatic carbocycles. The maximum absolute atomic E-state index is 12.3. The molecule has 0 bridgehead atoms. The summed E-state index contributed by atoms with van der Waals surface area (Å²) < 4.78 is 0. The maximum Gasteiger partial charge on any atom is 0.226 e. The fourth-order valence-electron chi connectivity index (χ4n) is 2.18. The van der Waals surface area contributed by atoms with Crippen molar-refractivity contribution in [2.45, 2.75) is 53.4 Å². The maximum atomic E-state index is 12.3. The van der Waals surface area contributed by atoms with Crippen molar-refractivity contribution in [3.63, 3.8) is 0 Å². The fourth-order valence-corrected chi connectivity index (χ4v) is 2.18. The summed E-state index contributed by atoms with van der Waals surface area (Å²) >= 11 is 0. The van der Waals surface area contributed by atoms with Crippen molar-refractivity contribution >= 4 is 5.91 Å². The standard InChI is InChI=1S/C14H30N2O/c1-5-9-13(10-15)14(17)16(8-4)11-12(6-2)7-3/h12-13H,5-11,15H2,1-4H3. The summed E-state index contributed by atoms with van der Waals surface area (Å²) in [5.41, 5.74) is 5.70. The first-order chi connectivity index (χ1) is 8.14. The molecule has 0 aliphatic heterocycles. The molecule has 3 heteroatoms. The molecule has 0 radical (unpaired) electrons. The highest BCUT2D eigenvalue weighted by atomic mass is 16.2. The lowest BCUT2D eigenvalue weighted by Crippen LogP contribution is -2.41. The first kappa shape index (κ1) is 16.4. The van der Waals surface area contributed by atoms with Gasteiger partial charge in [0.1, 0.15) is 0 Å². The zero-order valence-electron chi connectivity index (χ0n) is 12.0.